The fraction of sp³-hybridized carbons (Fsp3) is 0.381. The summed E-state index contributed by atoms with van der Waals surface area (Å²) in [6.07, 6.45) is 1.27. The first-order chi connectivity index (χ1) is 12.8. The molecule has 2 aromatic carbocycles. The number of hydrogen-bond acceptors (Lipinski definition) is 4. The van der Waals surface area contributed by atoms with Gasteiger partial charge in [0.05, 0.1) is 13.7 Å². The van der Waals surface area contributed by atoms with E-state index in [1.165, 1.54) is 0 Å². The first-order valence-electron chi connectivity index (χ1n) is 9.11. The maximum atomic E-state index is 12.4. The molecule has 1 fully saturated rings. The number of amides is 1. The molecule has 0 aromatic heterocycles. The number of anilines is 1. The molecule has 138 valence electrons. The smallest absolute Gasteiger partial charge is 0.222 e. The van der Waals surface area contributed by atoms with Crippen LogP contribution in [0.1, 0.15) is 12.8 Å². The molecule has 0 radical (unpaired) electrons. The Kier molecular flexibility index (Phi) is 6.36. The second-order valence-corrected chi connectivity index (χ2v) is 6.33. The zero-order valence-electron chi connectivity index (χ0n) is 15.3. The van der Waals surface area contributed by atoms with Gasteiger partial charge in [-0.15, -0.1) is 0 Å². The summed E-state index contributed by atoms with van der Waals surface area (Å²) in [4.78, 5) is 16.6. The van der Waals surface area contributed by atoms with Crippen molar-refractivity contribution in [1.29, 1.82) is 0 Å². The minimum atomic E-state index is 0.215. The van der Waals surface area contributed by atoms with Gasteiger partial charge in [-0.05, 0) is 30.7 Å². The molecule has 0 bridgehead atoms. The summed E-state index contributed by atoms with van der Waals surface area (Å²) in [7, 11) is 1.68. The third-order valence-corrected chi connectivity index (χ3v) is 4.60. The molecule has 1 aliphatic rings. The second kappa shape index (κ2) is 9.13. The Bertz CT molecular complexity index is 697. The van der Waals surface area contributed by atoms with Crippen LogP contribution in [0.3, 0.4) is 0 Å². The van der Waals surface area contributed by atoms with E-state index in [1.807, 2.05) is 53.4 Å². The Morgan fingerprint density at radius 1 is 0.962 bits per heavy atom. The zero-order chi connectivity index (χ0) is 18.2. The van der Waals surface area contributed by atoms with Crippen molar-refractivity contribution in [3.8, 4) is 11.5 Å². The van der Waals surface area contributed by atoms with Crippen molar-refractivity contribution in [2.45, 2.75) is 12.8 Å². The van der Waals surface area contributed by atoms with E-state index in [0.29, 0.717) is 13.0 Å². The molecule has 3 rings (SSSR count). The summed E-state index contributed by atoms with van der Waals surface area (Å²) in [6, 6.07) is 17.8. The van der Waals surface area contributed by atoms with Crippen LogP contribution in [0, 0.1) is 0 Å². The van der Waals surface area contributed by atoms with Gasteiger partial charge in [-0.1, -0.05) is 24.3 Å². The van der Waals surface area contributed by atoms with Crippen molar-refractivity contribution >= 4 is 11.6 Å². The number of ether oxygens (including phenoxy) is 2. The van der Waals surface area contributed by atoms with E-state index in [4.69, 9.17) is 9.47 Å². The molecule has 0 aliphatic carbocycles. The summed E-state index contributed by atoms with van der Waals surface area (Å²) in [5.41, 5.74) is 1.15. The van der Waals surface area contributed by atoms with Gasteiger partial charge in [0.25, 0.3) is 0 Å². The molecule has 0 unspecified atom stereocenters. The molecule has 1 aliphatic heterocycles. The van der Waals surface area contributed by atoms with Crippen LogP contribution in [0.25, 0.3) is 0 Å². The molecule has 0 spiro atoms. The Morgan fingerprint density at radius 3 is 2.42 bits per heavy atom. The van der Waals surface area contributed by atoms with Crippen LogP contribution in [0.4, 0.5) is 5.69 Å². The van der Waals surface area contributed by atoms with Crippen LogP contribution in [0.15, 0.2) is 54.6 Å². The number of carbonyl (C=O) groups excluding carboxylic acids is 1. The highest BCUT2D eigenvalue weighted by atomic mass is 16.5. The van der Waals surface area contributed by atoms with Crippen LogP contribution in [0.5, 0.6) is 11.5 Å². The van der Waals surface area contributed by atoms with Crippen molar-refractivity contribution in [2.75, 3.05) is 44.8 Å². The van der Waals surface area contributed by atoms with E-state index in [2.05, 4.69) is 11.0 Å². The summed E-state index contributed by atoms with van der Waals surface area (Å²) in [6.45, 7) is 3.78. The number of nitrogens with zero attached hydrogens (tertiary/aromatic N) is 2. The summed E-state index contributed by atoms with van der Waals surface area (Å²) in [5.74, 6) is 1.93. The van der Waals surface area contributed by atoms with Crippen LogP contribution >= 0.6 is 0 Å². The molecule has 1 saturated heterocycles. The van der Waals surface area contributed by atoms with E-state index < -0.39 is 0 Å². The topological polar surface area (TPSA) is 42.0 Å². The van der Waals surface area contributed by atoms with E-state index in [-0.39, 0.29) is 5.91 Å². The van der Waals surface area contributed by atoms with Gasteiger partial charge in [-0.25, -0.2) is 0 Å². The number of hydrogen-bond donors (Lipinski definition) is 0. The SMILES string of the molecule is COc1cccc(N2CCN(C(=O)CCCOc3ccccc3)CC2)c1. The number of rotatable bonds is 7. The molecule has 5 nitrogen and oxygen atoms in total. The molecule has 0 N–H and O–H groups in total. The lowest BCUT2D eigenvalue weighted by Crippen LogP contribution is -2.48. The van der Waals surface area contributed by atoms with Gasteiger partial charge >= 0.3 is 0 Å². The molecular weight excluding hydrogens is 328 g/mol. The van der Waals surface area contributed by atoms with Gasteiger partial charge in [0.15, 0.2) is 0 Å². The average molecular weight is 354 g/mol. The lowest BCUT2D eigenvalue weighted by Gasteiger charge is -2.36. The maximum absolute atomic E-state index is 12.4. The molecule has 1 heterocycles. The summed E-state index contributed by atoms with van der Waals surface area (Å²) >= 11 is 0. The molecule has 26 heavy (non-hydrogen) atoms. The van der Waals surface area contributed by atoms with Crippen molar-refractivity contribution in [1.82, 2.24) is 4.90 Å². The summed E-state index contributed by atoms with van der Waals surface area (Å²) in [5, 5.41) is 0. The fourth-order valence-electron chi connectivity index (χ4n) is 3.11. The van der Waals surface area contributed by atoms with Crippen LogP contribution in [0.2, 0.25) is 0 Å². The lowest BCUT2D eigenvalue weighted by molar-refractivity contribution is -0.131. The van der Waals surface area contributed by atoms with Crippen molar-refractivity contribution in [3.63, 3.8) is 0 Å². The van der Waals surface area contributed by atoms with E-state index in [0.717, 1.165) is 49.8 Å². The van der Waals surface area contributed by atoms with Crippen LogP contribution < -0.4 is 14.4 Å². The van der Waals surface area contributed by atoms with Crippen molar-refractivity contribution < 1.29 is 14.3 Å². The van der Waals surface area contributed by atoms with Crippen molar-refractivity contribution in [2.24, 2.45) is 0 Å². The highest BCUT2D eigenvalue weighted by molar-refractivity contribution is 5.76. The number of carbonyl (C=O) groups is 1. The molecular formula is C21H26N2O3. The van der Waals surface area contributed by atoms with E-state index in [1.54, 1.807) is 7.11 Å². The summed E-state index contributed by atoms with van der Waals surface area (Å²) < 4.78 is 10.9. The largest absolute Gasteiger partial charge is 0.497 e. The second-order valence-electron chi connectivity index (χ2n) is 6.33. The molecule has 1 amide bonds. The number of benzene rings is 2. The normalized spacial score (nSPS) is 14.2. The number of methoxy groups -OCH3 is 1. The molecule has 0 saturated carbocycles. The van der Waals surface area contributed by atoms with Gasteiger partial charge in [-0.2, -0.15) is 0 Å². The minimum Gasteiger partial charge on any atom is -0.497 e. The minimum absolute atomic E-state index is 0.215. The van der Waals surface area contributed by atoms with Gasteiger partial charge in [-0.3, -0.25) is 4.79 Å². The van der Waals surface area contributed by atoms with E-state index in [9.17, 15) is 4.79 Å². The third-order valence-electron chi connectivity index (χ3n) is 4.60. The van der Waals surface area contributed by atoms with Gasteiger partial charge in [0, 0.05) is 44.4 Å². The quantitative estimate of drug-likeness (QED) is 0.716. The maximum Gasteiger partial charge on any atom is 0.222 e. The molecule has 5 heteroatoms. The fourth-order valence-corrected chi connectivity index (χ4v) is 3.11. The molecule has 2 aromatic rings. The predicted octanol–water partition coefficient (Wildman–Crippen LogP) is 3.20. The average Bonchev–Trinajstić information content (AvgIpc) is 2.72. The highest BCUT2D eigenvalue weighted by Crippen LogP contribution is 2.22. The molecule has 0 atom stereocenters. The monoisotopic (exact) mass is 354 g/mol. The number of para-hydroxylation sites is 1. The Balaban J connectivity index is 1.39. The first kappa shape index (κ1) is 18.1. The van der Waals surface area contributed by atoms with Gasteiger partial charge in [0.2, 0.25) is 5.91 Å². The predicted molar refractivity (Wildman–Crippen MR) is 103 cm³/mol. The Labute approximate surface area is 155 Å². The standard InChI is InChI=1S/C21H26N2O3/c1-25-20-10-5-7-18(17-20)22-12-14-23(15-13-22)21(24)11-6-16-26-19-8-3-2-4-9-19/h2-5,7-10,17H,6,11-16H2,1H3. The third kappa shape index (κ3) is 4.91. The van der Waals surface area contributed by atoms with Gasteiger partial charge < -0.3 is 19.3 Å². The zero-order valence-corrected chi connectivity index (χ0v) is 15.3. The van der Waals surface area contributed by atoms with Crippen molar-refractivity contribution in [3.05, 3.63) is 54.6 Å². The Morgan fingerprint density at radius 2 is 1.69 bits per heavy atom. The van der Waals surface area contributed by atoms with Crippen LogP contribution in [-0.2, 0) is 4.79 Å². The number of piperazine rings is 1. The first-order valence-corrected chi connectivity index (χ1v) is 9.11. The Hall–Kier alpha value is -2.69. The van der Waals surface area contributed by atoms with Crippen LogP contribution in [-0.4, -0.2) is 50.7 Å². The van der Waals surface area contributed by atoms with Gasteiger partial charge in [0.1, 0.15) is 11.5 Å². The lowest BCUT2D eigenvalue weighted by atomic mass is 10.2. The van der Waals surface area contributed by atoms with E-state index >= 15 is 0 Å². The highest BCUT2D eigenvalue weighted by Gasteiger charge is 2.21.